The van der Waals surface area contributed by atoms with Crippen molar-refractivity contribution in [2.24, 2.45) is 0 Å². The summed E-state index contributed by atoms with van der Waals surface area (Å²) in [5, 5.41) is 4.17. The Morgan fingerprint density at radius 1 is 0.640 bits per heavy atom. The molecule has 2 heterocycles. The van der Waals surface area contributed by atoms with Gasteiger partial charge >= 0.3 is 0 Å². The molecule has 0 fully saturated rings. The van der Waals surface area contributed by atoms with E-state index >= 15 is 0 Å². The molecular weight excluding hydrogens is 329 g/mol. The summed E-state index contributed by atoms with van der Waals surface area (Å²) < 4.78 is 12.7. The Morgan fingerprint density at radius 2 is 1.28 bits per heavy atom. The maximum absolute atomic E-state index is 6.34. The first-order valence-corrected chi connectivity index (χ1v) is 9.26. The average molecular weight is 343 g/mol. The molecule has 0 atom stereocenters. The molecule has 3 nitrogen and oxygen atoms in total. The van der Waals surface area contributed by atoms with Crippen molar-refractivity contribution in [3.8, 4) is 5.30 Å². The molecule has 2 aromatic heterocycles. The number of rotatable bonds is 1. The highest BCUT2D eigenvalue weighted by Gasteiger charge is 2.11. The van der Waals surface area contributed by atoms with Crippen LogP contribution in [0.2, 0.25) is 0 Å². The van der Waals surface area contributed by atoms with Gasteiger partial charge in [-0.15, -0.1) is 0 Å². The lowest BCUT2D eigenvalue weighted by Gasteiger charge is -2.02. The number of pyridine rings is 1. The van der Waals surface area contributed by atoms with E-state index in [-0.39, 0.29) is 0 Å². The summed E-state index contributed by atoms with van der Waals surface area (Å²) in [4.78, 5) is 4.56. The summed E-state index contributed by atoms with van der Waals surface area (Å²) in [6.45, 7) is 0. The second kappa shape index (κ2) is 5.80. The number of para-hydroxylation sites is 3. The largest absolute Gasteiger partial charge is 0.416 e. The van der Waals surface area contributed by atoms with Gasteiger partial charge in [-0.3, -0.25) is 4.98 Å². The molecule has 0 N–H and O–H groups in total. The van der Waals surface area contributed by atoms with Gasteiger partial charge in [-0.2, -0.15) is 0 Å². The molecule has 0 aliphatic carbocycles. The predicted molar refractivity (Wildman–Crippen MR) is 103 cm³/mol. The van der Waals surface area contributed by atoms with E-state index in [1.807, 2.05) is 54.6 Å². The van der Waals surface area contributed by atoms with Gasteiger partial charge in [0.2, 0.25) is 0 Å². The minimum atomic E-state index is -1.33. The van der Waals surface area contributed by atoms with Crippen LogP contribution in [0, 0.1) is 0 Å². The Kier molecular flexibility index (Phi) is 3.32. The summed E-state index contributed by atoms with van der Waals surface area (Å²) in [6.07, 6.45) is 1.81. The maximum Gasteiger partial charge on any atom is 0.255 e. The smallest absolute Gasteiger partial charge is 0.255 e. The Morgan fingerprint density at radius 3 is 2.00 bits per heavy atom. The topological polar surface area (TPSA) is 39.2 Å². The van der Waals surface area contributed by atoms with Crippen LogP contribution >= 0.6 is 8.01 Å². The van der Waals surface area contributed by atoms with Crippen LogP contribution in [0.1, 0.15) is 0 Å². The van der Waals surface area contributed by atoms with Gasteiger partial charge in [0.15, 0.2) is 0 Å². The van der Waals surface area contributed by atoms with E-state index in [9.17, 15) is 0 Å². The van der Waals surface area contributed by atoms with Gasteiger partial charge in [0, 0.05) is 22.4 Å². The molecule has 0 aliphatic heterocycles. The van der Waals surface area contributed by atoms with E-state index in [4.69, 9.17) is 8.39 Å². The number of aromatic nitrogens is 1. The number of hydrogen-bond acceptors (Lipinski definition) is 3. The molecule has 5 aromatic rings. The van der Waals surface area contributed by atoms with Crippen LogP contribution in [-0.2, 0) is 0 Å². The number of benzene rings is 3. The zero-order chi connectivity index (χ0) is 16.6. The lowest BCUT2D eigenvalue weighted by molar-refractivity contribution is 0.651. The van der Waals surface area contributed by atoms with Gasteiger partial charge in [0.05, 0.1) is 10.8 Å². The fourth-order valence-electron chi connectivity index (χ4n) is 3.07. The Labute approximate surface area is 145 Å². The number of fused-ring (bicyclic) bond motifs is 4. The van der Waals surface area contributed by atoms with Crippen LogP contribution < -0.4 is 0 Å². The van der Waals surface area contributed by atoms with Crippen LogP contribution in [-0.4, -0.2) is 4.98 Å². The fraction of sp³-hybridized carbons (Fsp3) is 0. The van der Waals surface area contributed by atoms with Gasteiger partial charge < -0.3 is 8.39 Å². The maximum atomic E-state index is 6.34. The normalized spacial score (nSPS) is 11.2. The van der Waals surface area contributed by atoms with Crippen molar-refractivity contribution in [3.05, 3.63) is 85.1 Å². The minimum absolute atomic E-state index is 0.839. The first-order valence-electron chi connectivity index (χ1n) is 8.08. The lowest BCUT2D eigenvalue weighted by Crippen LogP contribution is -1.78. The molecule has 0 amide bonds. The molecular formula is C21H14NO2P. The third-order valence-electron chi connectivity index (χ3n) is 4.23. The van der Waals surface area contributed by atoms with Crippen LogP contribution in [0.3, 0.4) is 0 Å². The minimum Gasteiger partial charge on any atom is -0.416 e. The van der Waals surface area contributed by atoms with Crippen molar-refractivity contribution >= 4 is 40.9 Å². The molecule has 120 valence electrons. The SMILES string of the molecule is c1cnc2c(-p3oc4ccccc4c4ccccc4o3)cccc2c1. The summed E-state index contributed by atoms with van der Waals surface area (Å²) in [6, 6.07) is 26.3. The number of hydrogen-bond donors (Lipinski definition) is 0. The summed E-state index contributed by atoms with van der Waals surface area (Å²) in [5.41, 5.74) is 2.60. The summed E-state index contributed by atoms with van der Waals surface area (Å²) >= 11 is 0. The molecule has 4 heteroatoms. The van der Waals surface area contributed by atoms with Crippen molar-refractivity contribution in [1.82, 2.24) is 4.98 Å². The standard InChI is InChI=1S/C21H14NO2P/c1-3-11-18-16(9-1)17-10-2-4-12-19(17)24-25(23-18)20-13-5-7-15-8-6-14-22-21(15)20/h1-14H. The molecule has 0 bridgehead atoms. The van der Waals surface area contributed by atoms with E-state index in [0.717, 1.165) is 38.1 Å². The van der Waals surface area contributed by atoms with E-state index < -0.39 is 8.01 Å². The quantitative estimate of drug-likeness (QED) is 0.335. The second-order valence-corrected chi connectivity index (χ2v) is 7.15. The van der Waals surface area contributed by atoms with Crippen molar-refractivity contribution in [2.45, 2.75) is 0 Å². The van der Waals surface area contributed by atoms with Gasteiger partial charge in [-0.25, -0.2) is 0 Å². The van der Waals surface area contributed by atoms with Crippen LogP contribution in [0.4, 0.5) is 0 Å². The molecule has 3 aromatic carbocycles. The molecule has 0 spiro atoms. The van der Waals surface area contributed by atoms with Gasteiger partial charge in [0.25, 0.3) is 8.01 Å². The molecule has 5 rings (SSSR count). The van der Waals surface area contributed by atoms with Crippen molar-refractivity contribution < 1.29 is 8.39 Å². The van der Waals surface area contributed by atoms with Crippen LogP contribution in [0.15, 0.2) is 93.5 Å². The first kappa shape index (κ1) is 14.3. The highest BCUT2D eigenvalue weighted by atomic mass is 31.1. The molecule has 0 unspecified atom stereocenters. The highest BCUT2D eigenvalue weighted by molar-refractivity contribution is 7.46. The Hall–Kier alpha value is -3.03. The molecule has 0 aliphatic rings. The van der Waals surface area contributed by atoms with Crippen molar-refractivity contribution in [3.63, 3.8) is 0 Å². The highest BCUT2D eigenvalue weighted by Crippen LogP contribution is 2.45. The zero-order valence-electron chi connectivity index (χ0n) is 13.3. The van der Waals surface area contributed by atoms with E-state index in [2.05, 4.69) is 29.2 Å². The van der Waals surface area contributed by atoms with E-state index in [1.165, 1.54) is 0 Å². The van der Waals surface area contributed by atoms with E-state index in [0.29, 0.717) is 0 Å². The summed E-state index contributed by atoms with van der Waals surface area (Å²) in [5.74, 6) is 0. The third kappa shape index (κ3) is 2.41. The molecule has 25 heavy (non-hydrogen) atoms. The predicted octanol–water partition coefficient (Wildman–Crippen LogP) is 6.83. The van der Waals surface area contributed by atoms with Gasteiger partial charge in [-0.1, -0.05) is 54.6 Å². The fourth-order valence-corrected chi connectivity index (χ4v) is 4.55. The Bertz CT molecular complexity index is 1200. The molecule has 0 saturated carbocycles. The third-order valence-corrected chi connectivity index (χ3v) is 5.71. The van der Waals surface area contributed by atoms with Crippen molar-refractivity contribution in [2.75, 3.05) is 0 Å². The van der Waals surface area contributed by atoms with Crippen LogP contribution in [0.25, 0.3) is 38.1 Å². The lowest BCUT2D eigenvalue weighted by atomic mass is 10.1. The second-order valence-electron chi connectivity index (χ2n) is 5.78. The summed E-state index contributed by atoms with van der Waals surface area (Å²) in [7, 11) is -1.33. The average Bonchev–Trinajstić information content (AvgIpc) is 2.84. The van der Waals surface area contributed by atoms with Crippen molar-refractivity contribution in [1.29, 1.82) is 0 Å². The van der Waals surface area contributed by atoms with Gasteiger partial charge in [0.1, 0.15) is 11.2 Å². The molecule has 0 radical (unpaired) electrons. The van der Waals surface area contributed by atoms with Crippen LogP contribution in [0.5, 0.6) is 0 Å². The monoisotopic (exact) mass is 343 g/mol. The number of nitrogens with zero attached hydrogens (tertiary/aromatic N) is 1. The molecule has 0 saturated heterocycles. The van der Waals surface area contributed by atoms with Gasteiger partial charge in [-0.05, 0) is 24.3 Å². The van der Waals surface area contributed by atoms with E-state index in [1.54, 1.807) is 6.20 Å². The Balaban J connectivity index is 1.96. The first-order chi connectivity index (χ1) is 12.4. The zero-order valence-corrected chi connectivity index (χ0v) is 14.2.